The van der Waals surface area contributed by atoms with Crippen LogP contribution < -0.4 is 5.32 Å². The minimum Gasteiger partial charge on any atom is -0.337 e. The Kier molecular flexibility index (Phi) is 3.03. The maximum atomic E-state index is 11.3. The summed E-state index contributed by atoms with van der Waals surface area (Å²) in [7, 11) is 1.15. The van der Waals surface area contributed by atoms with E-state index >= 15 is 0 Å². The van der Waals surface area contributed by atoms with Gasteiger partial charge >= 0.3 is 23.9 Å². The largest absolute Gasteiger partial charge is 0.342 e. The Balaban J connectivity index is 2.78. The third-order valence-corrected chi connectivity index (χ3v) is 1.90. The molecule has 1 N–H and O–H groups in total. The summed E-state index contributed by atoms with van der Waals surface area (Å²) in [5.41, 5.74) is 0. The molecule has 0 aliphatic carbocycles. The average molecular weight is 213 g/mol. The molecular weight excluding hydrogens is 202 g/mol. The van der Waals surface area contributed by atoms with Crippen LogP contribution in [0.2, 0.25) is 0 Å². The van der Waals surface area contributed by atoms with E-state index in [0.29, 0.717) is 22.8 Å². The smallest absolute Gasteiger partial charge is 0.337 e. The summed E-state index contributed by atoms with van der Waals surface area (Å²) < 4.78 is 0. The molecule has 7 nitrogen and oxygen atoms in total. The van der Waals surface area contributed by atoms with Gasteiger partial charge in [0.05, 0.1) is 0 Å². The van der Waals surface area contributed by atoms with Crippen LogP contribution in [-0.2, 0) is 9.59 Å². The van der Waals surface area contributed by atoms with Crippen LogP contribution in [0.5, 0.6) is 0 Å². The molecule has 0 spiro atoms. The third kappa shape index (κ3) is 1.80. The SMILES string of the molecule is CCCNC(=O)N1C(=O)C(=O)N(C)C1=O. The number of hydrogen-bond donors (Lipinski definition) is 1. The van der Waals surface area contributed by atoms with Crippen molar-refractivity contribution in [3.63, 3.8) is 0 Å². The molecule has 15 heavy (non-hydrogen) atoms. The van der Waals surface area contributed by atoms with Gasteiger partial charge in [-0.15, -0.1) is 0 Å². The second-order valence-corrected chi connectivity index (χ2v) is 3.02. The molecule has 0 aromatic heterocycles. The van der Waals surface area contributed by atoms with Crippen molar-refractivity contribution in [2.45, 2.75) is 13.3 Å². The lowest BCUT2D eigenvalue weighted by Crippen LogP contribution is -2.44. The number of carbonyl (C=O) groups is 4. The normalized spacial score (nSPS) is 16.3. The molecular formula is C8H11N3O4. The maximum Gasteiger partial charge on any atom is 0.342 e. The lowest BCUT2D eigenvalue weighted by Gasteiger charge is -2.11. The molecule has 1 heterocycles. The van der Waals surface area contributed by atoms with Crippen LogP contribution in [0.15, 0.2) is 0 Å². The number of nitrogens with one attached hydrogen (secondary N) is 1. The van der Waals surface area contributed by atoms with Gasteiger partial charge in [0.25, 0.3) is 0 Å². The van der Waals surface area contributed by atoms with Crippen LogP contribution in [0.3, 0.4) is 0 Å². The first-order valence-electron chi connectivity index (χ1n) is 4.44. The highest BCUT2D eigenvalue weighted by Crippen LogP contribution is 2.09. The minimum absolute atomic E-state index is 0.304. The van der Waals surface area contributed by atoms with E-state index in [4.69, 9.17) is 0 Å². The van der Waals surface area contributed by atoms with E-state index in [2.05, 4.69) is 5.32 Å². The van der Waals surface area contributed by atoms with Crippen molar-refractivity contribution in [3.05, 3.63) is 0 Å². The highest BCUT2D eigenvalue weighted by atomic mass is 16.2. The van der Waals surface area contributed by atoms with Crippen molar-refractivity contribution in [1.29, 1.82) is 0 Å². The van der Waals surface area contributed by atoms with Crippen LogP contribution in [-0.4, -0.2) is 47.3 Å². The van der Waals surface area contributed by atoms with Gasteiger partial charge in [0, 0.05) is 13.6 Å². The number of urea groups is 2. The van der Waals surface area contributed by atoms with Gasteiger partial charge in [-0.3, -0.25) is 14.5 Å². The summed E-state index contributed by atoms with van der Waals surface area (Å²) in [6.07, 6.45) is 0.672. The molecule has 0 bridgehead atoms. The standard InChI is InChI=1S/C8H11N3O4/c1-3-4-9-7(14)11-6(13)5(12)10(2)8(11)15/h3-4H2,1-2H3,(H,9,14). The summed E-state index contributed by atoms with van der Waals surface area (Å²) in [5, 5.41) is 2.34. The van der Waals surface area contributed by atoms with E-state index in [1.165, 1.54) is 0 Å². The Morgan fingerprint density at radius 2 is 1.87 bits per heavy atom. The first-order valence-corrected chi connectivity index (χ1v) is 4.44. The zero-order chi connectivity index (χ0) is 11.6. The predicted octanol–water partition coefficient (Wildman–Crippen LogP) is -0.473. The van der Waals surface area contributed by atoms with Crippen LogP contribution in [0.25, 0.3) is 0 Å². The van der Waals surface area contributed by atoms with Gasteiger partial charge in [0.1, 0.15) is 0 Å². The second kappa shape index (κ2) is 4.07. The number of amides is 6. The quantitative estimate of drug-likeness (QED) is 0.496. The Bertz CT molecular complexity index is 339. The number of carbonyl (C=O) groups excluding carboxylic acids is 4. The molecule has 1 saturated heterocycles. The summed E-state index contributed by atoms with van der Waals surface area (Å²) in [6, 6.07) is -1.77. The second-order valence-electron chi connectivity index (χ2n) is 3.02. The molecule has 1 rings (SSSR count). The molecule has 0 aromatic carbocycles. The molecule has 1 aliphatic heterocycles. The van der Waals surface area contributed by atoms with E-state index < -0.39 is 23.9 Å². The lowest BCUT2D eigenvalue weighted by atomic mass is 10.5. The number of likely N-dealkylation sites (N-methyl/N-ethyl adjacent to an activating group) is 1. The number of hydrogen-bond acceptors (Lipinski definition) is 4. The Morgan fingerprint density at radius 3 is 2.27 bits per heavy atom. The van der Waals surface area contributed by atoms with E-state index in [1.807, 2.05) is 6.92 Å². The number of nitrogens with zero attached hydrogens (tertiary/aromatic N) is 2. The monoisotopic (exact) mass is 213 g/mol. The topological polar surface area (TPSA) is 86.8 Å². The van der Waals surface area contributed by atoms with Crippen molar-refractivity contribution in [1.82, 2.24) is 15.1 Å². The van der Waals surface area contributed by atoms with E-state index in [1.54, 1.807) is 0 Å². The number of rotatable bonds is 2. The van der Waals surface area contributed by atoms with Gasteiger partial charge in [0.2, 0.25) is 0 Å². The summed E-state index contributed by atoms with van der Waals surface area (Å²) >= 11 is 0. The fourth-order valence-electron chi connectivity index (χ4n) is 1.05. The van der Waals surface area contributed by atoms with E-state index in [9.17, 15) is 19.2 Å². The lowest BCUT2D eigenvalue weighted by molar-refractivity contribution is -0.141. The van der Waals surface area contributed by atoms with Crippen molar-refractivity contribution >= 4 is 23.9 Å². The highest BCUT2D eigenvalue weighted by Gasteiger charge is 2.45. The molecule has 7 heteroatoms. The third-order valence-electron chi connectivity index (χ3n) is 1.90. The maximum absolute atomic E-state index is 11.3. The molecule has 0 aromatic rings. The molecule has 0 saturated carbocycles. The summed E-state index contributed by atoms with van der Waals surface area (Å²) in [6.45, 7) is 2.17. The molecule has 1 fully saturated rings. The first-order chi connectivity index (χ1) is 7.00. The van der Waals surface area contributed by atoms with Crippen LogP contribution in [0, 0.1) is 0 Å². The molecule has 1 aliphatic rings. The van der Waals surface area contributed by atoms with Crippen molar-refractivity contribution in [2.24, 2.45) is 0 Å². The van der Waals surface area contributed by atoms with Crippen molar-refractivity contribution < 1.29 is 19.2 Å². The van der Waals surface area contributed by atoms with Gasteiger partial charge < -0.3 is 5.32 Å². The van der Waals surface area contributed by atoms with Crippen molar-refractivity contribution in [3.8, 4) is 0 Å². The Labute approximate surface area is 86.0 Å². The van der Waals surface area contributed by atoms with Crippen LogP contribution >= 0.6 is 0 Å². The molecule has 0 unspecified atom stereocenters. The summed E-state index contributed by atoms with van der Waals surface area (Å²) in [5.74, 6) is -2.11. The molecule has 0 radical (unpaired) electrons. The van der Waals surface area contributed by atoms with Gasteiger partial charge in [-0.2, -0.15) is 4.90 Å². The predicted molar refractivity (Wildman–Crippen MR) is 48.7 cm³/mol. The minimum atomic E-state index is -1.11. The average Bonchev–Trinajstić information content (AvgIpc) is 2.40. The van der Waals surface area contributed by atoms with Gasteiger partial charge in [0.15, 0.2) is 0 Å². The fraction of sp³-hybridized carbons (Fsp3) is 0.500. The van der Waals surface area contributed by atoms with Gasteiger partial charge in [-0.1, -0.05) is 6.92 Å². The Morgan fingerprint density at radius 1 is 1.27 bits per heavy atom. The zero-order valence-electron chi connectivity index (χ0n) is 8.44. The molecule has 82 valence electrons. The fourth-order valence-corrected chi connectivity index (χ4v) is 1.05. The molecule has 0 atom stereocenters. The first kappa shape index (κ1) is 11.2. The van der Waals surface area contributed by atoms with Crippen LogP contribution in [0.1, 0.15) is 13.3 Å². The Hall–Kier alpha value is -1.92. The van der Waals surface area contributed by atoms with Gasteiger partial charge in [-0.05, 0) is 6.42 Å². The number of imide groups is 4. The van der Waals surface area contributed by atoms with E-state index in [0.717, 1.165) is 7.05 Å². The van der Waals surface area contributed by atoms with Crippen molar-refractivity contribution in [2.75, 3.05) is 13.6 Å². The van der Waals surface area contributed by atoms with Gasteiger partial charge in [-0.25, -0.2) is 9.59 Å². The van der Waals surface area contributed by atoms with Crippen LogP contribution in [0.4, 0.5) is 9.59 Å². The molecule has 6 amide bonds. The van der Waals surface area contributed by atoms with E-state index in [-0.39, 0.29) is 0 Å². The highest BCUT2D eigenvalue weighted by molar-refractivity contribution is 6.47. The zero-order valence-corrected chi connectivity index (χ0v) is 8.44. The summed E-state index contributed by atoms with van der Waals surface area (Å²) in [4.78, 5) is 45.7.